The zero-order valence-corrected chi connectivity index (χ0v) is 11.7. The molecule has 0 fully saturated rings. The van der Waals surface area contributed by atoms with Crippen molar-refractivity contribution in [3.63, 3.8) is 0 Å². The van der Waals surface area contributed by atoms with Crippen LogP contribution >= 0.6 is 0 Å². The molecule has 102 valence electrons. The zero-order chi connectivity index (χ0) is 14.1. The van der Waals surface area contributed by atoms with E-state index in [0.29, 0.717) is 6.42 Å². The van der Waals surface area contributed by atoms with E-state index in [4.69, 9.17) is 4.42 Å². The van der Waals surface area contributed by atoms with Crippen LogP contribution in [0.4, 0.5) is 0 Å². The molecule has 20 heavy (non-hydrogen) atoms. The second-order valence-electron chi connectivity index (χ2n) is 5.10. The van der Waals surface area contributed by atoms with Crippen molar-refractivity contribution in [2.45, 2.75) is 19.9 Å². The Morgan fingerprint density at radius 3 is 2.25 bits per heavy atom. The molecule has 0 aliphatic rings. The van der Waals surface area contributed by atoms with Crippen molar-refractivity contribution < 1.29 is 9.21 Å². The predicted octanol–water partition coefficient (Wildman–Crippen LogP) is 3.44. The third-order valence-corrected chi connectivity index (χ3v) is 3.49. The molecule has 0 aliphatic heterocycles. The van der Waals surface area contributed by atoms with Crippen LogP contribution in [0.5, 0.6) is 0 Å². The maximum absolute atomic E-state index is 11.4. The SMILES string of the molecule is CNCc1cccc2c1oc1c(CC(C)=O)cccc12. The quantitative estimate of drug-likeness (QED) is 0.787. The Hall–Kier alpha value is -2.13. The number of carbonyl (C=O) groups excluding carboxylic acids is 1. The molecule has 1 N–H and O–H groups in total. The van der Waals surface area contributed by atoms with Crippen molar-refractivity contribution in [1.29, 1.82) is 0 Å². The Morgan fingerprint density at radius 1 is 1.05 bits per heavy atom. The number of hydrogen-bond donors (Lipinski definition) is 1. The molecule has 3 aromatic rings. The maximum atomic E-state index is 11.4. The van der Waals surface area contributed by atoms with Crippen LogP contribution in [0.3, 0.4) is 0 Å². The molecule has 0 spiro atoms. The van der Waals surface area contributed by atoms with E-state index in [1.54, 1.807) is 6.92 Å². The van der Waals surface area contributed by atoms with Gasteiger partial charge in [0.15, 0.2) is 0 Å². The smallest absolute Gasteiger partial charge is 0.139 e. The molecule has 0 atom stereocenters. The predicted molar refractivity (Wildman–Crippen MR) is 80.9 cm³/mol. The van der Waals surface area contributed by atoms with E-state index in [2.05, 4.69) is 17.4 Å². The Kier molecular flexibility index (Phi) is 3.28. The molecule has 0 amide bonds. The van der Waals surface area contributed by atoms with E-state index in [9.17, 15) is 4.79 Å². The molecule has 0 unspecified atom stereocenters. The van der Waals surface area contributed by atoms with Gasteiger partial charge in [0.1, 0.15) is 16.9 Å². The first-order valence-electron chi connectivity index (χ1n) is 6.76. The summed E-state index contributed by atoms with van der Waals surface area (Å²) in [6, 6.07) is 12.2. The van der Waals surface area contributed by atoms with Gasteiger partial charge in [0, 0.05) is 34.9 Å². The van der Waals surface area contributed by atoms with Gasteiger partial charge in [-0.25, -0.2) is 0 Å². The van der Waals surface area contributed by atoms with E-state index in [0.717, 1.165) is 39.6 Å². The van der Waals surface area contributed by atoms with Gasteiger partial charge in [-0.1, -0.05) is 36.4 Å². The summed E-state index contributed by atoms with van der Waals surface area (Å²) in [7, 11) is 1.92. The van der Waals surface area contributed by atoms with Crippen LogP contribution in [0.2, 0.25) is 0 Å². The minimum absolute atomic E-state index is 0.147. The summed E-state index contributed by atoms with van der Waals surface area (Å²) < 4.78 is 6.08. The summed E-state index contributed by atoms with van der Waals surface area (Å²) in [4.78, 5) is 11.4. The van der Waals surface area contributed by atoms with Crippen molar-refractivity contribution in [3.8, 4) is 0 Å². The van der Waals surface area contributed by atoms with Crippen molar-refractivity contribution in [2.75, 3.05) is 7.05 Å². The molecule has 3 heteroatoms. The molecule has 0 aliphatic carbocycles. The van der Waals surface area contributed by atoms with Gasteiger partial charge < -0.3 is 9.73 Å². The molecular weight excluding hydrogens is 250 g/mol. The Morgan fingerprint density at radius 2 is 1.65 bits per heavy atom. The van der Waals surface area contributed by atoms with Gasteiger partial charge in [0.25, 0.3) is 0 Å². The summed E-state index contributed by atoms with van der Waals surface area (Å²) in [5.74, 6) is 0.147. The Labute approximate surface area is 117 Å². The molecule has 0 bridgehead atoms. The molecular formula is C17H17NO2. The number of furan rings is 1. The third kappa shape index (κ3) is 2.10. The lowest BCUT2D eigenvalue weighted by Gasteiger charge is -1.99. The third-order valence-electron chi connectivity index (χ3n) is 3.49. The normalized spacial score (nSPS) is 11.3. The Bertz CT molecular complexity index is 786. The van der Waals surface area contributed by atoms with E-state index < -0.39 is 0 Å². The van der Waals surface area contributed by atoms with Crippen molar-refractivity contribution in [2.24, 2.45) is 0 Å². The summed E-state index contributed by atoms with van der Waals surface area (Å²) in [5, 5.41) is 5.34. The molecule has 3 rings (SSSR count). The van der Waals surface area contributed by atoms with Gasteiger partial charge in [-0.05, 0) is 14.0 Å². The average Bonchev–Trinajstić information content (AvgIpc) is 2.80. The fourth-order valence-corrected chi connectivity index (χ4v) is 2.67. The van der Waals surface area contributed by atoms with E-state index in [-0.39, 0.29) is 5.78 Å². The molecule has 0 saturated heterocycles. The van der Waals surface area contributed by atoms with Gasteiger partial charge in [-0.15, -0.1) is 0 Å². The highest BCUT2D eigenvalue weighted by molar-refractivity contribution is 6.07. The second kappa shape index (κ2) is 5.10. The first-order chi connectivity index (χ1) is 9.70. The molecule has 3 nitrogen and oxygen atoms in total. The first kappa shape index (κ1) is 12.9. The van der Waals surface area contributed by atoms with Crippen molar-refractivity contribution in [3.05, 3.63) is 47.5 Å². The summed E-state index contributed by atoms with van der Waals surface area (Å²) in [6.07, 6.45) is 0.415. The lowest BCUT2D eigenvalue weighted by Crippen LogP contribution is -2.04. The lowest BCUT2D eigenvalue weighted by atomic mass is 10.0. The first-order valence-corrected chi connectivity index (χ1v) is 6.76. The molecule has 1 aromatic heterocycles. The number of ketones is 1. The van der Waals surface area contributed by atoms with E-state index >= 15 is 0 Å². The topological polar surface area (TPSA) is 42.2 Å². The maximum Gasteiger partial charge on any atom is 0.139 e. The summed E-state index contributed by atoms with van der Waals surface area (Å²) in [5.41, 5.74) is 3.84. The number of hydrogen-bond acceptors (Lipinski definition) is 3. The van der Waals surface area contributed by atoms with Crippen LogP contribution in [0.25, 0.3) is 21.9 Å². The van der Waals surface area contributed by atoms with Crippen molar-refractivity contribution >= 4 is 27.7 Å². The van der Waals surface area contributed by atoms with Crippen LogP contribution in [0, 0.1) is 0 Å². The van der Waals surface area contributed by atoms with E-state index in [1.165, 1.54) is 0 Å². The second-order valence-corrected chi connectivity index (χ2v) is 5.10. The molecule has 0 radical (unpaired) electrons. The van der Waals surface area contributed by atoms with Crippen LogP contribution < -0.4 is 5.32 Å². The van der Waals surface area contributed by atoms with Crippen molar-refractivity contribution in [1.82, 2.24) is 5.32 Å². The van der Waals surface area contributed by atoms with Crippen LogP contribution in [-0.4, -0.2) is 12.8 Å². The van der Waals surface area contributed by atoms with Crippen LogP contribution in [0.15, 0.2) is 40.8 Å². The fraction of sp³-hybridized carbons (Fsp3) is 0.235. The standard InChI is InChI=1S/C17H17NO2/c1-11(19)9-12-5-3-7-14-15-8-4-6-13(10-18-2)17(15)20-16(12)14/h3-8,18H,9-10H2,1-2H3. The highest BCUT2D eigenvalue weighted by atomic mass is 16.3. The number of carbonyl (C=O) groups is 1. The highest BCUT2D eigenvalue weighted by Gasteiger charge is 2.13. The highest BCUT2D eigenvalue weighted by Crippen LogP contribution is 2.33. The van der Waals surface area contributed by atoms with E-state index in [1.807, 2.05) is 31.3 Å². The zero-order valence-electron chi connectivity index (χ0n) is 11.7. The number of para-hydroxylation sites is 2. The lowest BCUT2D eigenvalue weighted by molar-refractivity contribution is -0.116. The number of benzene rings is 2. The molecule has 2 aromatic carbocycles. The number of Topliss-reactive ketones (excluding diaryl/α,β-unsaturated/α-hetero) is 1. The average molecular weight is 267 g/mol. The van der Waals surface area contributed by atoms with Gasteiger partial charge >= 0.3 is 0 Å². The van der Waals surface area contributed by atoms with Gasteiger partial charge in [0.2, 0.25) is 0 Å². The van der Waals surface area contributed by atoms with Gasteiger partial charge in [-0.2, -0.15) is 0 Å². The van der Waals surface area contributed by atoms with Crippen LogP contribution in [-0.2, 0) is 17.8 Å². The summed E-state index contributed by atoms with van der Waals surface area (Å²) >= 11 is 0. The minimum atomic E-state index is 0.147. The summed E-state index contributed by atoms with van der Waals surface area (Å²) in [6.45, 7) is 2.37. The van der Waals surface area contributed by atoms with Gasteiger partial charge in [-0.3, -0.25) is 4.79 Å². The minimum Gasteiger partial charge on any atom is -0.455 e. The van der Waals surface area contributed by atoms with Gasteiger partial charge in [0.05, 0.1) is 0 Å². The fourth-order valence-electron chi connectivity index (χ4n) is 2.67. The Balaban J connectivity index is 2.29. The number of rotatable bonds is 4. The molecule has 1 heterocycles. The monoisotopic (exact) mass is 267 g/mol. The number of nitrogens with one attached hydrogen (secondary N) is 1. The van der Waals surface area contributed by atoms with Crippen LogP contribution in [0.1, 0.15) is 18.1 Å². The molecule has 0 saturated carbocycles. The number of fused-ring (bicyclic) bond motifs is 3. The largest absolute Gasteiger partial charge is 0.455 e.